The van der Waals surface area contributed by atoms with Crippen LogP contribution in [0.5, 0.6) is 0 Å². The lowest BCUT2D eigenvalue weighted by atomic mass is 9.92. The molecular weight excluding hydrogens is 248 g/mol. The lowest BCUT2D eigenvalue weighted by Crippen LogP contribution is -2.00. The Morgan fingerprint density at radius 3 is 2.60 bits per heavy atom. The Morgan fingerprint density at radius 2 is 1.80 bits per heavy atom. The van der Waals surface area contributed by atoms with Crippen molar-refractivity contribution in [3.63, 3.8) is 0 Å². The molecule has 0 nitrogen and oxygen atoms in total. The van der Waals surface area contributed by atoms with Gasteiger partial charge < -0.3 is 0 Å². The fourth-order valence-electron chi connectivity index (χ4n) is 2.10. The summed E-state index contributed by atoms with van der Waals surface area (Å²) in [6, 6.07) is 8.69. The van der Waals surface area contributed by atoms with Crippen LogP contribution < -0.4 is 0 Å². The average molecular weight is 261 g/mol. The summed E-state index contributed by atoms with van der Waals surface area (Å²) in [6.45, 7) is 0. The molecule has 1 saturated carbocycles. The van der Waals surface area contributed by atoms with E-state index < -0.39 is 0 Å². The van der Waals surface area contributed by atoms with E-state index in [0.29, 0.717) is 0 Å². The predicted octanol–water partition coefficient (Wildman–Crippen LogP) is 4.46. The van der Waals surface area contributed by atoms with Crippen LogP contribution in [-0.4, -0.2) is 0 Å². The van der Waals surface area contributed by atoms with Crippen LogP contribution in [-0.2, 0) is 6.42 Å². The highest BCUT2D eigenvalue weighted by atomic mass is 79.9. The second-order valence-electron chi connectivity index (χ2n) is 4.30. The van der Waals surface area contributed by atoms with Crippen molar-refractivity contribution in [3.05, 3.63) is 52.6 Å². The van der Waals surface area contributed by atoms with Crippen molar-refractivity contribution < 1.29 is 0 Å². The van der Waals surface area contributed by atoms with Gasteiger partial charge in [0, 0.05) is 4.48 Å². The highest BCUT2D eigenvalue weighted by Gasteiger charge is 2.18. The first kappa shape index (κ1) is 9.41. The smallest absolute Gasteiger partial charge is 0.0282 e. The molecule has 2 aliphatic rings. The predicted molar refractivity (Wildman–Crippen MR) is 67.9 cm³/mol. The van der Waals surface area contributed by atoms with Gasteiger partial charge in [0.2, 0.25) is 0 Å². The summed E-state index contributed by atoms with van der Waals surface area (Å²) in [5.74, 6) is 0. The first-order valence-electron chi connectivity index (χ1n) is 5.51. The number of rotatable bonds is 1. The van der Waals surface area contributed by atoms with Gasteiger partial charge in [-0.25, -0.2) is 0 Å². The molecule has 0 aliphatic heterocycles. The average Bonchev–Trinajstić information content (AvgIpc) is 3.07. The topological polar surface area (TPSA) is 0 Å². The van der Waals surface area contributed by atoms with Gasteiger partial charge in [-0.2, -0.15) is 0 Å². The number of halogens is 1. The van der Waals surface area contributed by atoms with Crippen LogP contribution in [0.1, 0.15) is 30.4 Å². The zero-order valence-electron chi connectivity index (χ0n) is 8.59. The van der Waals surface area contributed by atoms with Crippen molar-refractivity contribution in [2.45, 2.75) is 25.7 Å². The third kappa shape index (κ3) is 1.81. The van der Waals surface area contributed by atoms with Gasteiger partial charge >= 0.3 is 0 Å². The van der Waals surface area contributed by atoms with Gasteiger partial charge in [-0.3, -0.25) is 0 Å². The van der Waals surface area contributed by atoms with Gasteiger partial charge in [-0.1, -0.05) is 35.9 Å². The van der Waals surface area contributed by atoms with Crippen LogP contribution in [0.2, 0.25) is 0 Å². The molecule has 0 heterocycles. The van der Waals surface area contributed by atoms with Crippen molar-refractivity contribution in [2.75, 3.05) is 0 Å². The molecular formula is C14H13Br. The van der Waals surface area contributed by atoms with E-state index in [9.17, 15) is 0 Å². The van der Waals surface area contributed by atoms with Crippen LogP contribution in [0, 0.1) is 0 Å². The maximum atomic E-state index is 3.74. The zero-order chi connectivity index (χ0) is 10.3. The normalized spacial score (nSPS) is 18.9. The molecule has 76 valence electrons. The summed E-state index contributed by atoms with van der Waals surface area (Å²) < 4.78 is 1.31. The maximum absolute atomic E-state index is 3.74. The Bertz CT molecular complexity index is 460. The van der Waals surface area contributed by atoms with Gasteiger partial charge in [-0.15, -0.1) is 0 Å². The van der Waals surface area contributed by atoms with Gasteiger partial charge in [0.15, 0.2) is 0 Å². The van der Waals surface area contributed by atoms with Crippen LogP contribution in [0.3, 0.4) is 0 Å². The van der Waals surface area contributed by atoms with E-state index in [1.54, 1.807) is 5.57 Å². The summed E-state index contributed by atoms with van der Waals surface area (Å²) in [5.41, 5.74) is 5.96. The number of hydrogen-bond donors (Lipinski definition) is 0. The second kappa shape index (κ2) is 3.64. The monoisotopic (exact) mass is 260 g/mol. The molecule has 1 fully saturated rings. The minimum absolute atomic E-state index is 1.18. The van der Waals surface area contributed by atoms with Crippen LogP contribution in [0.4, 0.5) is 0 Å². The lowest BCUT2D eigenvalue weighted by molar-refractivity contribution is 0.947. The molecule has 0 atom stereocenters. The Hall–Kier alpha value is -0.820. The molecule has 3 rings (SSSR count). The maximum Gasteiger partial charge on any atom is 0.0282 e. The first-order valence-corrected chi connectivity index (χ1v) is 6.30. The second-order valence-corrected chi connectivity index (χ2v) is 5.09. The SMILES string of the molecule is BrC1=C(C=C2CC2)CCc2ccccc21. The number of allylic oxidation sites excluding steroid dienone is 3. The lowest BCUT2D eigenvalue weighted by Gasteiger charge is -2.17. The van der Waals surface area contributed by atoms with Gasteiger partial charge in [0.25, 0.3) is 0 Å². The third-order valence-electron chi connectivity index (χ3n) is 3.12. The van der Waals surface area contributed by atoms with E-state index in [0.717, 1.165) is 0 Å². The van der Waals surface area contributed by atoms with Crippen molar-refractivity contribution in [2.24, 2.45) is 0 Å². The van der Waals surface area contributed by atoms with E-state index in [2.05, 4.69) is 46.3 Å². The molecule has 0 bridgehead atoms. The molecule has 0 aromatic heterocycles. The van der Waals surface area contributed by atoms with Crippen molar-refractivity contribution >= 4 is 20.4 Å². The molecule has 0 amide bonds. The molecule has 1 aromatic rings. The number of fused-ring (bicyclic) bond motifs is 1. The Labute approximate surface area is 98.8 Å². The summed E-state index contributed by atoms with van der Waals surface area (Å²) in [6.07, 6.45) is 7.38. The molecule has 15 heavy (non-hydrogen) atoms. The summed E-state index contributed by atoms with van der Waals surface area (Å²) in [5, 5.41) is 0. The first-order chi connectivity index (χ1) is 7.34. The Kier molecular flexibility index (Phi) is 2.28. The number of benzene rings is 1. The van der Waals surface area contributed by atoms with E-state index in [4.69, 9.17) is 0 Å². The quantitative estimate of drug-likeness (QED) is 0.700. The van der Waals surface area contributed by atoms with Crippen molar-refractivity contribution in [1.29, 1.82) is 0 Å². The van der Waals surface area contributed by atoms with E-state index >= 15 is 0 Å². The molecule has 1 heteroatoms. The highest BCUT2D eigenvalue weighted by molar-refractivity contribution is 9.15. The molecule has 0 radical (unpaired) electrons. The van der Waals surface area contributed by atoms with Crippen LogP contribution in [0.25, 0.3) is 4.48 Å². The van der Waals surface area contributed by atoms with E-state index in [1.807, 2.05) is 0 Å². The minimum Gasteiger partial charge on any atom is -0.0693 e. The Morgan fingerprint density at radius 1 is 1.00 bits per heavy atom. The van der Waals surface area contributed by atoms with Crippen LogP contribution >= 0.6 is 15.9 Å². The minimum atomic E-state index is 1.18. The zero-order valence-corrected chi connectivity index (χ0v) is 10.2. The Balaban J connectivity index is 2.07. The van der Waals surface area contributed by atoms with E-state index in [-0.39, 0.29) is 0 Å². The van der Waals surface area contributed by atoms with Crippen molar-refractivity contribution in [1.82, 2.24) is 0 Å². The molecule has 0 spiro atoms. The summed E-state index contributed by atoms with van der Waals surface area (Å²) >= 11 is 3.74. The summed E-state index contributed by atoms with van der Waals surface area (Å²) in [7, 11) is 0. The molecule has 0 N–H and O–H groups in total. The van der Waals surface area contributed by atoms with Gasteiger partial charge in [0.05, 0.1) is 0 Å². The van der Waals surface area contributed by atoms with Gasteiger partial charge in [-0.05, 0) is 58.3 Å². The highest BCUT2D eigenvalue weighted by Crippen LogP contribution is 2.39. The molecule has 2 aliphatic carbocycles. The largest absolute Gasteiger partial charge is 0.0693 e. The van der Waals surface area contributed by atoms with Crippen molar-refractivity contribution in [3.8, 4) is 0 Å². The van der Waals surface area contributed by atoms with E-state index in [1.165, 1.54) is 46.9 Å². The molecule has 0 saturated heterocycles. The summed E-state index contributed by atoms with van der Waals surface area (Å²) in [4.78, 5) is 0. The standard InChI is InChI=1S/C14H13Br/c15-14-12(9-10-5-6-10)8-7-11-3-1-2-4-13(11)14/h1-4,9H,5-8H2. The number of hydrogen-bond acceptors (Lipinski definition) is 0. The molecule has 1 aromatic carbocycles. The van der Waals surface area contributed by atoms with Crippen LogP contribution in [0.15, 0.2) is 41.5 Å². The number of aryl methyl sites for hydroxylation is 1. The fraction of sp³-hybridized carbons (Fsp3) is 0.286. The fourth-order valence-corrected chi connectivity index (χ4v) is 2.80. The van der Waals surface area contributed by atoms with Gasteiger partial charge in [0.1, 0.15) is 0 Å². The molecule has 0 unspecified atom stereocenters. The third-order valence-corrected chi connectivity index (χ3v) is 4.05.